The molecule has 1 fully saturated rings. The lowest BCUT2D eigenvalue weighted by Gasteiger charge is -2.26. The molecule has 0 radical (unpaired) electrons. The summed E-state index contributed by atoms with van der Waals surface area (Å²) in [5.74, 6) is 0.554. The minimum Gasteiger partial charge on any atom is -0.294 e. The molecule has 2 rings (SSSR count). The lowest BCUT2D eigenvalue weighted by atomic mass is 9.90. The van der Waals surface area contributed by atoms with Gasteiger partial charge < -0.3 is 0 Å². The minimum absolute atomic E-state index is 0.235. The Labute approximate surface area is 104 Å². The van der Waals surface area contributed by atoms with Crippen molar-refractivity contribution in [3.05, 3.63) is 35.9 Å². The van der Waals surface area contributed by atoms with Crippen LogP contribution in [-0.2, 0) is 0 Å². The second-order valence-corrected chi connectivity index (χ2v) is 5.28. The maximum Gasteiger partial charge on any atom is 0.166 e. The number of hydrogen-bond acceptors (Lipinski definition) is 2. The van der Waals surface area contributed by atoms with Gasteiger partial charge in [-0.15, -0.1) is 0 Å². The van der Waals surface area contributed by atoms with Gasteiger partial charge >= 0.3 is 0 Å². The van der Waals surface area contributed by atoms with Crippen LogP contribution < -0.4 is 0 Å². The number of benzene rings is 1. The number of ketones is 1. The molecule has 0 unspecified atom stereocenters. The Morgan fingerprint density at radius 3 is 2.40 bits per heavy atom. The van der Waals surface area contributed by atoms with E-state index in [1.807, 2.05) is 30.3 Å². The second kappa shape index (κ2) is 5.07. The molecule has 0 bridgehead atoms. The fourth-order valence-corrected chi connectivity index (χ4v) is 2.51. The number of halogens is 1. The van der Waals surface area contributed by atoms with Crippen molar-refractivity contribution in [2.75, 3.05) is 13.1 Å². The molecule has 0 aromatic heterocycles. The summed E-state index contributed by atoms with van der Waals surface area (Å²) in [6.45, 7) is 2.06. The normalized spacial score (nSPS) is 19.0. The van der Waals surface area contributed by atoms with E-state index in [1.165, 1.54) is 0 Å². The number of carbonyl (C=O) groups is 1. The van der Waals surface area contributed by atoms with Gasteiger partial charge in [-0.3, -0.25) is 4.79 Å². The highest BCUT2D eigenvalue weighted by atomic mass is 127. The molecule has 1 aliphatic heterocycles. The van der Waals surface area contributed by atoms with Crippen LogP contribution in [0.5, 0.6) is 0 Å². The lowest BCUT2D eigenvalue weighted by molar-refractivity contribution is 0.0882. The molecular formula is C12H14INO. The molecule has 1 aromatic rings. The average Bonchev–Trinajstić information content (AvgIpc) is 2.30. The predicted octanol–water partition coefficient (Wildman–Crippen LogP) is 2.93. The molecule has 1 aromatic carbocycles. The van der Waals surface area contributed by atoms with Crippen molar-refractivity contribution in [2.24, 2.45) is 5.92 Å². The van der Waals surface area contributed by atoms with Crippen molar-refractivity contribution < 1.29 is 4.79 Å². The molecule has 0 aliphatic carbocycles. The first-order valence-electron chi connectivity index (χ1n) is 5.27. The molecular weight excluding hydrogens is 301 g/mol. The fraction of sp³-hybridized carbons (Fsp3) is 0.417. The van der Waals surface area contributed by atoms with E-state index in [0.717, 1.165) is 31.5 Å². The zero-order valence-corrected chi connectivity index (χ0v) is 10.7. The third-order valence-electron chi connectivity index (χ3n) is 2.87. The van der Waals surface area contributed by atoms with Gasteiger partial charge in [0, 0.05) is 47.4 Å². The summed E-state index contributed by atoms with van der Waals surface area (Å²) < 4.78 is 2.26. The van der Waals surface area contributed by atoms with Gasteiger partial charge in [0.15, 0.2) is 5.78 Å². The second-order valence-electron chi connectivity index (χ2n) is 3.91. The summed E-state index contributed by atoms with van der Waals surface area (Å²) in [7, 11) is 0. The summed E-state index contributed by atoms with van der Waals surface area (Å²) in [6, 6.07) is 9.64. The van der Waals surface area contributed by atoms with Crippen molar-refractivity contribution in [1.82, 2.24) is 3.11 Å². The van der Waals surface area contributed by atoms with Crippen LogP contribution >= 0.6 is 22.9 Å². The molecule has 1 heterocycles. The number of piperidine rings is 1. The summed E-state index contributed by atoms with van der Waals surface area (Å²) in [4.78, 5) is 12.1. The van der Waals surface area contributed by atoms with Gasteiger partial charge in [0.05, 0.1) is 0 Å². The molecule has 1 aliphatic rings. The Balaban J connectivity index is 2.03. The van der Waals surface area contributed by atoms with Crippen molar-refractivity contribution in [2.45, 2.75) is 12.8 Å². The van der Waals surface area contributed by atoms with Crippen LogP contribution in [-0.4, -0.2) is 22.0 Å². The topological polar surface area (TPSA) is 20.3 Å². The fourth-order valence-electron chi connectivity index (χ4n) is 1.95. The molecule has 0 atom stereocenters. The molecule has 0 spiro atoms. The van der Waals surface area contributed by atoms with Crippen molar-refractivity contribution in [3.8, 4) is 0 Å². The van der Waals surface area contributed by atoms with Crippen LogP contribution in [0.25, 0.3) is 0 Å². The first-order valence-corrected chi connectivity index (χ1v) is 6.24. The third kappa shape index (κ3) is 2.78. The SMILES string of the molecule is O=C(c1ccccc1)C1CCN(I)CC1. The van der Waals surface area contributed by atoms with E-state index in [4.69, 9.17) is 0 Å². The molecule has 0 amide bonds. The van der Waals surface area contributed by atoms with Crippen LogP contribution in [0.15, 0.2) is 30.3 Å². The maximum absolute atomic E-state index is 12.1. The first kappa shape index (κ1) is 11.1. The highest BCUT2D eigenvalue weighted by molar-refractivity contribution is 14.1. The highest BCUT2D eigenvalue weighted by Crippen LogP contribution is 2.23. The zero-order valence-electron chi connectivity index (χ0n) is 8.53. The van der Waals surface area contributed by atoms with Crippen LogP contribution in [0, 0.1) is 5.92 Å². The average molecular weight is 315 g/mol. The Hall–Kier alpha value is -0.420. The van der Waals surface area contributed by atoms with Crippen LogP contribution in [0.3, 0.4) is 0 Å². The van der Waals surface area contributed by atoms with E-state index in [0.29, 0.717) is 5.78 Å². The van der Waals surface area contributed by atoms with Crippen molar-refractivity contribution in [3.63, 3.8) is 0 Å². The molecule has 0 saturated carbocycles. The maximum atomic E-state index is 12.1. The molecule has 15 heavy (non-hydrogen) atoms. The molecule has 80 valence electrons. The van der Waals surface area contributed by atoms with E-state index in [9.17, 15) is 4.79 Å². The van der Waals surface area contributed by atoms with E-state index < -0.39 is 0 Å². The molecule has 3 heteroatoms. The minimum atomic E-state index is 0.235. The molecule has 2 nitrogen and oxygen atoms in total. The van der Waals surface area contributed by atoms with E-state index in [1.54, 1.807) is 0 Å². The van der Waals surface area contributed by atoms with Gasteiger partial charge in [0.25, 0.3) is 0 Å². The quantitative estimate of drug-likeness (QED) is 0.475. The summed E-state index contributed by atoms with van der Waals surface area (Å²) in [5.41, 5.74) is 0.865. The van der Waals surface area contributed by atoms with Crippen LogP contribution in [0.2, 0.25) is 0 Å². The Kier molecular flexibility index (Phi) is 3.75. The van der Waals surface area contributed by atoms with Crippen LogP contribution in [0.4, 0.5) is 0 Å². The number of rotatable bonds is 2. The van der Waals surface area contributed by atoms with Crippen LogP contribution in [0.1, 0.15) is 23.2 Å². The third-order valence-corrected chi connectivity index (χ3v) is 3.83. The molecule has 0 N–H and O–H groups in total. The Morgan fingerprint density at radius 2 is 1.80 bits per heavy atom. The van der Waals surface area contributed by atoms with E-state index >= 15 is 0 Å². The number of hydrogen-bond donors (Lipinski definition) is 0. The lowest BCUT2D eigenvalue weighted by Crippen LogP contribution is -2.30. The highest BCUT2D eigenvalue weighted by Gasteiger charge is 2.24. The summed E-state index contributed by atoms with van der Waals surface area (Å²) in [6.07, 6.45) is 1.99. The van der Waals surface area contributed by atoms with Gasteiger partial charge in [-0.25, -0.2) is 3.11 Å². The predicted molar refractivity (Wildman–Crippen MR) is 69.1 cm³/mol. The summed E-state index contributed by atoms with van der Waals surface area (Å²) in [5, 5.41) is 0. The first-order chi connectivity index (χ1) is 7.27. The monoisotopic (exact) mass is 315 g/mol. The smallest absolute Gasteiger partial charge is 0.166 e. The number of carbonyl (C=O) groups excluding carboxylic acids is 1. The van der Waals surface area contributed by atoms with Gasteiger partial charge in [-0.1, -0.05) is 30.3 Å². The van der Waals surface area contributed by atoms with Crippen molar-refractivity contribution >= 4 is 28.6 Å². The summed E-state index contributed by atoms with van der Waals surface area (Å²) >= 11 is 2.33. The Bertz CT molecular complexity index is 331. The largest absolute Gasteiger partial charge is 0.294 e. The van der Waals surface area contributed by atoms with E-state index in [2.05, 4.69) is 26.0 Å². The molecule has 1 saturated heterocycles. The van der Waals surface area contributed by atoms with E-state index in [-0.39, 0.29) is 5.92 Å². The van der Waals surface area contributed by atoms with Gasteiger partial charge in [-0.2, -0.15) is 0 Å². The standard InChI is InChI=1S/C12H14INO/c13-14-8-6-11(7-9-14)12(15)10-4-2-1-3-5-10/h1-5,11H,6-9H2. The van der Waals surface area contributed by atoms with Gasteiger partial charge in [0.2, 0.25) is 0 Å². The van der Waals surface area contributed by atoms with Crippen molar-refractivity contribution in [1.29, 1.82) is 0 Å². The zero-order chi connectivity index (χ0) is 10.7. The Morgan fingerprint density at radius 1 is 1.20 bits per heavy atom. The number of Topliss-reactive ketones (excluding diaryl/α,β-unsaturated/α-hetero) is 1. The van der Waals surface area contributed by atoms with Gasteiger partial charge in [-0.05, 0) is 12.8 Å². The van der Waals surface area contributed by atoms with Gasteiger partial charge in [0.1, 0.15) is 0 Å². The number of nitrogens with zero attached hydrogens (tertiary/aromatic N) is 1.